The molecule has 0 atom stereocenters. The van der Waals surface area contributed by atoms with E-state index in [2.05, 4.69) is 5.32 Å². The number of carbonyl (C=O) groups is 1. The second kappa shape index (κ2) is 8.04. The van der Waals surface area contributed by atoms with Gasteiger partial charge in [0.05, 0.1) is 37.9 Å². The number of hydrogen-bond donors (Lipinski definition) is 1. The lowest BCUT2D eigenvalue weighted by atomic mass is 10.1. The third-order valence-corrected chi connectivity index (χ3v) is 4.53. The van der Waals surface area contributed by atoms with Gasteiger partial charge in [-0.2, -0.15) is 0 Å². The number of hydrogen-bond acceptors (Lipinski definition) is 5. The number of anilines is 1. The lowest BCUT2D eigenvalue weighted by Crippen LogP contribution is -2.24. The fourth-order valence-electron chi connectivity index (χ4n) is 3.02. The van der Waals surface area contributed by atoms with Gasteiger partial charge in [-0.3, -0.25) is 9.59 Å². The Morgan fingerprint density at radius 1 is 1.00 bits per heavy atom. The number of aromatic nitrogens is 1. The Morgan fingerprint density at radius 3 is 2.32 bits per heavy atom. The van der Waals surface area contributed by atoms with Gasteiger partial charge in [0.25, 0.3) is 5.91 Å². The molecule has 0 unspecified atom stereocenters. The maximum absolute atomic E-state index is 13.0. The molecule has 1 heterocycles. The molecule has 1 aromatic heterocycles. The van der Waals surface area contributed by atoms with Gasteiger partial charge in [-0.15, -0.1) is 0 Å². The van der Waals surface area contributed by atoms with Gasteiger partial charge in [-0.25, -0.2) is 0 Å². The van der Waals surface area contributed by atoms with E-state index in [9.17, 15) is 9.59 Å². The highest BCUT2D eigenvalue weighted by Gasteiger charge is 2.17. The van der Waals surface area contributed by atoms with E-state index in [4.69, 9.17) is 14.2 Å². The summed E-state index contributed by atoms with van der Waals surface area (Å²) in [5.74, 6) is 1.08. The molecule has 3 rings (SSSR count). The maximum atomic E-state index is 13.0. The summed E-state index contributed by atoms with van der Waals surface area (Å²) < 4.78 is 17.5. The largest absolute Gasteiger partial charge is 0.497 e. The zero-order chi connectivity index (χ0) is 20.3. The Kier molecular flexibility index (Phi) is 5.54. The highest BCUT2D eigenvalue weighted by molar-refractivity contribution is 6.06. The molecule has 3 aromatic rings. The summed E-state index contributed by atoms with van der Waals surface area (Å²) in [5.41, 5.74) is 0.873. The first-order valence-electron chi connectivity index (χ1n) is 8.77. The molecule has 0 bridgehead atoms. The predicted molar refractivity (Wildman–Crippen MR) is 108 cm³/mol. The average molecular weight is 382 g/mol. The van der Waals surface area contributed by atoms with Crippen LogP contribution >= 0.6 is 0 Å². The Morgan fingerprint density at radius 2 is 1.68 bits per heavy atom. The zero-order valence-electron chi connectivity index (χ0n) is 16.2. The SMILES string of the molecule is CCn1cc(C(=O)Nc2ccc(OC)cc2OC)c(=O)c2cc(OC)ccc21. The molecular weight excluding hydrogens is 360 g/mol. The summed E-state index contributed by atoms with van der Waals surface area (Å²) in [6.07, 6.45) is 1.57. The van der Waals surface area contributed by atoms with Crippen molar-refractivity contribution in [1.82, 2.24) is 4.57 Å². The molecule has 1 amide bonds. The minimum atomic E-state index is -0.514. The molecule has 0 aliphatic rings. The Balaban J connectivity index is 2.07. The second-order valence-corrected chi connectivity index (χ2v) is 6.06. The monoisotopic (exact) mass is 382 g/mol. The summed E-state index contributed by atoms with van der Waals surface area (Å²) >= 11 is 0. The summed E-state index contributed by atoms with van der Waals surface area (Å²) in [4.78, 5) is 25.9. The number of carbonyl (C=O) groups excluding carboxylic acids is 1. The van der Waals surface area contributed by atoms with E-state index < -0.39 is 5.91 Å². The number of rotatable bonds is 6. The summed E-state index contributed by atoms with van der Waals surface area (Å²) in [6, 6.07) is 10.3. The number of amides is 1. The zero-order valence-corrected chi connectivity index (χ0v) is 16.2. The van der Waals surface area contributed by atoms with Crippen molar-refractivity contribution in [3.63, 3.8) is 0 Å². The molecule has 0 radical (unpaired) electrons. The van der Waals surface area contributed by atoms with Crippen molar-refractivity contribution in [2.75, 3.05) is 26.6 Å². The Labute approximate surface area is 162 Å². The third-order valence-electron chi connectivity index (χ3n) is 4.53. The van der Waals surface area contributed by atoms with Crippen LogP contribution in [0.4, 0.5) is 5.69 Å². The van der Waals surface area contributed by atoms with Gasteiger partial charge in [0.1, 0.15) is 22.8 Å². The topological polar surface area (TPSA) is 78.8 Å². The highest BCUT2D eigenvalue weighted by atomic mass is 16.5. The molecule has 0 saturated heterocycles. The fraction of sp³-hybridized carbons (Fsp3) is 0.238. The van der Waals surface area contributed by atoms with E-state index in [1.807, 2.05) is 17.6 Å². The number of methoxy groups -OCH3 is 3. The molecule has 0 aliphatic carbocycles. The number of benzene rings is 2. The normalized spacial score (nSPS) is 10.6. The van der Waals surface area contributed by atoms with E-state index >= 15 is 0 Å². The molecule has 0 spiro atoms. The molecule has 146 valence electrons. The van der Waals surface area contributed by atoms with Crippen LogP contribution in [0.2, 0.25) is 0 Å². The van der Waals surface area contributed by atoms with Crippen LogP contribution in [0.25, 0.3) is 10.9 Å². The van der Waals surface area contributed by atoms with Gasteiger partial charge in [-0.1, -0.05) is 0 Å². The summed E-state index contributed by atoms with van der Waals surface area (Å²) in [7, 11) is 4.58. The van der Waals surface area contributed by atoms with E-state index in [-0.39, 0.29) is 11.0 Å². The van der Waals surface area contributed by atoms with Crippen molar-refractivity contribution in [2.45, 2.75) is 13.5 Å². The molecule has 2 aromatic carbocycles. The van der Waals surface area contributed by atoms with Crippen LogP contribution in [0, 0.1) is 0 Å². The maximum Gasteiger partial charge on any atom is 0.261 e. The molecule has 7 nitrogen and oxygen atoms in total. The minimum Gasteiger partial charge on any atom is -0.497 e. The fourth-order valence-corrected chi connectivity index (χ4v) is 3.02. The average Bonchev–Trinajstić information content (AvgIpc) is 2.74. The van der Waals surface area contributed by atoms with Crippen LogP contribution in [0.5, 0.6) is 17.2 Å². The number of ether oxygens (including phenoxy) is 3. The number of nitrogens with zero attached hydrogens (tertiary/aromatic N) is 1. The van der Waals surface area contributed by atoms with Crippen LogP contribution in [0.15, 0.2) is 47.4 Å². The second-order valence-electron chi connectivity index (χ2n) is 6.06. The van der Waals surface area contributed by atoms with E-state index in [0.29, 0.717) is 34.9 Å². The molecule has 1 N–H and O–H groups in total. The highest BCUT2D eigenvalue weighted by Crippen LogP contribution is 2.29. The van der Waals surface area contributed by atoms with E-state index in [1.165, 1.54) is 14.2 Å². The number of pyridine rings is 1. The van der Waals surface area contributed by atoms with E-state index in [0.717, 1.165) is 5.52 Å². The van der Waals surface area contributed by atoms with Crippen LogP contribution in [-0.2, 0) is 6.54 Å². The quantitative estimate of drug-likeness (QED) is 0.708. The predicted octanol–water partition coefficient (Wildman–Crippen LogP) is 3.30. The molecule has 7 heteroatoms. The lowest BCUT2D eigenvalue weighted by Gasteiger charge is -2.14. The van der Waals surface area contributed by atoms with Crippen molar-refractivity contribution >= 4 is 22.5 Å². The minimum absolute atomic E-state index is 0.0421. The van der Waals surface area contributed by atoms with Crippen molar-refractivity contribution in [2.24, 2.45) is 0 Å². The third kappa shape index (κ3) is 3.51. The van der Waals surface area contributed by atoms with Crippen molar-refractivity contribution in [3.8, 4) is 17.2 Å². The van der Waals surface area contributed by atoms with Crippen molar-refractivity contribution in [1.29, 1.82) is 0 Å². The van der Waals surface area contributed by atoms with Gasteiger partial charge in [0, 0.05) is 18.8 Å². The first kappa shape index (κ1) is 19.3. The van der Waals surface area contributed by atoms with Crippen LogP contribution in [0.1, 0.15) is 17.3 Å². The standard InChI is InChI=1S/C21H22N2O5/c1-5-23-12-16(20(24)15-10-13(26-2)7-9-18(15)23)21(25)22-17-8-6-14(27-3)11-19(17)28-4/h6-12H,5H2,1-4H3,(H,22,25). The summed E-state index contributed by atoms with van der Waals surface area (Å²) in [6.45, 7) is 2.55. The van der Waals surface area contributed by atoms with Gasteiger partial charge >= 0.3 is 0 Å². The Bertz CT molecular complexity index is 1090. The van der Waals surface area contributed by atoms with Crippen LogP contribution in [0.3, 0.4) is 0 Å². The van der Waals surface area contributed by atoms with Crippen LogP contribution in [-0.4, -0.2) is 31.8 Å². The lowest BCUT2D eigenvalue weighted by molar-refractivity contribution is 0.102. The number of nitrogens with one attached hydrogen (secondary N) is 1. The summed E-state index contributed by atoms with van der Waals surface area (Å²) in [5, 5.41) is 3.18. The van der Waals surface area contributed by atoms with Crippen molar-refractivity contribution < 1.29 is 19.0 Å². The number of aryl methyl sites for hydroxylation is 1. The molecule has 0 saturated carbocycles. The first-order chi connectivity index (χ1) is 13.5. The Hall–Kier alpha value is -3.48. The molecule has 0 fully saturated rings. The van der Waals surface area contributed by atoms with Gasteiger partial charge in [0.15, 0.2) is 0 Å². The van der Waals surface area contributed by atoms with E-state index in [1.54, 1.807) is 43.6 Å². The van der Waals surface area contributed by atoms with Crippen molar-refractivity contribution in [3.05, 3.63) is 58.4 Å². The smallest absolute Gasteiger partial charge is 0.261 e. The molecular formula is C21H22N2O5. The first-order valence-corrected chi connectivity index (χ1v) is 8.77. The molecule has 0 aliphatic heterocycles. The van der Waals surface area contributed by atoms with Gasteiger partial charge in [0.2, 0.25) is 5.43 Å². The van der Waals surface area contributed by atoms with Crippen LogP contribution < -0.4 is 25.0 Å². The molecule has 28 heavy (non-hydrogen) atoms. The van der Waals surface area contributed by atoms with Gasteiger partial charge < -0.3 is 24.1 Å². The number of fused-ring (bicyclic) bond motifs is 1. The van der Waals surface area contributed by atoms with Gasteiger partial charge in [-0.05, 0) is 37.3 Å².